The Kier molecular flexibility index (Phi) is 9.04. The summed E-state index contributed by atoms with van der Waals surface area (Å²) in [5.74, 6) is 2.08. The van der Waals surface area contributed by atoms with Crippen LogP contribution in [0.5, 0.6) is 5.88 Å². The predicted octanol–water partition coefficient (Wildman–Crippen LogP) is 4.37. The Morgan fingerprint density at radius 2 is 1.72 bits per heavy atom. The average molecular weight is 418 g/mol. The molecule has 0 atom stereocenters. The minimum atomic E-state index is 0.504. The van der Waals surface area contributed by atoms with E-state index in [1.54, 1.807) is 18.9 Å². The molecule has 29 heavy (non-hydrogen) atoms. The molecule has 0 fully saturated rings. The SMILES string of the molecule is COc1nc(N(C)Cc2ccccc2)nc(NCCN(C(C)C)C(C)C)c1SC. The van der Waals surface area contributed by atoms with E-state index >= 15 is 0 Å². The molecule has 7 heteroatoms. The van der Waals surface area contributed by atoms with Gasteiger partial charge >= 0.3 is 0 Å². The van der Waals surface area contributed by atoms with E-state index in [-0.39, 0.29) is 0 Å². The summed E-state index contributed by atoms with van der Waals surface area (Å²) in [6.07, 6.45) is 2.02. The molecule has 0 unspecified atom stereocenters. The number of anilines is 2. The molecule has 0 spiro atoms. The Morgan fingerprint density at radius 3 is 2.28 bits per heavy atom. The highest BCUT2D eigenvalue weighted by Gasteiger charge is 2.18. The second-order valence-corrected chi connectivity index (χ2v) is 8.42. The van der Waals surface area contributed by atoms with E-state index in [9.17, 15) is 0 Å². The molecule has 6 nitrogen and oxygen atoms in total. The number of nitrogens with one attached hydrogen (secondary N) is 1. The fourth-order valence-corrected chi connectivity index (χ4v) is 3.99. The highest BCUT2D eigenvalue weighted by atomic mass is 32.2. The van der Waals surface area contributed by atoms with Gasteiger partial charge in [-0.15, -0.1) is 11.8 Å². The van der Waals surface area contributed by atoms with Gasteiger partial charge in [0, 0.05) is 38.8 Å². The molecule has 1 aromatic carbocycles. The van der Waals surface area contributed by atoms with Gasteiger partial charge in [-0.1, -0.05) is 30.3 Å². The summed E-state index contributed by atoms with van der Waals surface area (Å²) >= 11 is 1.60. The zero-order valence-electron chi connectivity index (χ0n) is 18.8. The summed E-state index contributed by atoms with van der Waals surface area (Å²) in [5, 5.41) is 3.52. The van der Waals surface area contributed by atoms with Crippen molar-refractivity contribution in [2.75, 3.05) is 43.7 Å². The van der Waals surface area contributed by atoms with Gasteiger partial charge in [0.2, 0.25) is 11.8 Å². The highest BCUT2D eigenvalue weighted by Crippen LogP contribution is 2.34. The lowest BCUT2D eigenvalue weighted by atomic mass is 10.2. The Labute approximate surface area is 180 Å². The Balaban J connectivity index is 2.20. The third-order valence-corrected chi connectivity index (χ3v) is 5.59. The van der Waals surface area contributed by atoms with Crippen LogP contribution in [0.1, 0.15) is 33.3 Å². The predicted molar refractivity (Wildman–Crippen MR) is 124 cm³/mol. The number of aromatic nitrogens is 2. The smallest absolute Gasteiger partial charge is 0.234 e. The molecule has 2 aromatic rings. The molecule has 0 radical (unpaired) electrons. The van der Waals surface area contributed by atoms with E-state index < -0.39 is 0 Å². The third-order valence-electron chi connectivity index (χ3n) is 4.81. The van der Waals surface area contributed by atoms with Crippen LogP contribution in [0.15, 0.2) is 35.2 Å². The number of ether oxygens (including phenoxy) is 1. The van der Waals surface area contributed by atoms with Crippen LogP contribution >= 0.6 is 11.8 Å². The summed E-state index contributed by atoms with van der Waals surface area (Å²) in [6.45, 7) is 11.4. The zero-order valence-corrected chi connectivity index (χ0v) is 19.6. The number of nitrogens with zero attached hydrogens (tertiary/aromatic N) is 4. The van der Waals surface area contributed by atoms with Crippen molar-refractivity contribution >= 4 is 23.5 Å². The second kappa shape index (κ2) is 11.3. The summed E-state index contributed by atoms with van der Waals surface area (Å²) in [5.41, 5.74) is 1.21. The molecule has 1 aromatic heterocycles. The van der Waals surface area contributed by atoms with E-state index in [0.29, 0.717) is 23.9 Å². The van der Waals surface area contributed by atoms with Gasteiger partial charge in [0.25, 0.3) is 0 Å². The van der Waals surface area contributed by atoms with Gasteiger partial charge in [-0.3, -0.25) is 4.90 Å². The van der Waals surface area contributed by atoms with Gasteiger partial charge in [0.05, 0.1) is 7.11 Å². The molecule has 0 saturated carbocycles. The number of benzene rings is 1. The maximum absolute atomic E-state index is 5.57. The van der Waals surface area contributed by atoms with Crippen LogP contribution < -0.4 is 15.0 Å². The van der Waals surface area contributed by atoms with Crippen LogP contribution in [0.4, 0.5) is 11.8 Å². The van der Waals surface area contributed by atoms with Crippen molar-refractivity contribution in [1.82, 2.24) is 14.9 Å². The fraction of sp³-hybridized carbons (Fsp3) is 0.545. The molecule has 0 aliphatic rings. The van der Waals surface area contributed by atoms with E-state index in [1.807, 2.05) is 36.4 Å². The van der Waals surface area contributed by atoms with Crippen molar-refractivity contribution in [1.29, 1.82) is 0 Å². The summed E-state index contributed by atoms with van der Waals surface area (Å²) in [6, 6.07) is 11.3. The number of thioether (sulfide) groups is 1. The average Bonchev–Trinajstić information content (AvgIpc) is 2.70. The fourth-order valence-electron chi connectivity index (χ4n) is 3.38. The quantitative estimate of drug-likeness (QED) is 0.545. The maximum Gasteiger partial charge on any atom is 0.234 e. The van der Waals surface area contributed by atoms with Crippen molar-refractivity contribution in [3.63, 3.8) is 0 Å². The molecule has 2 rings (SSSR count). The van der Waals surface area contributed by atoms with Crippen LogP contribution in [0, 0.1) is 0 Å². The first kappa shape index (κ1) is 23.3. The number of hydrogen-bond acceptors (Lipinski definition) is 7. The molecular formula is C22H35N5OS. The lowest BCUT2D eigenvalue weighted by Crippen LogP contribution is -2.40. The normalized spacial score (nSPS) is 11.4. The maximum atomic E-state index is 5.57. The molecule has 160 valence electrons. The van der Waals surface area contributed by atoms with Gasteiger partial charge in [-0.2, -0.15) is 9.97 Å². The van der Waals surface area contributed by atoms with Crippen molar-refractivity contribution in [2.24, 2.45) is 0 Å². The highest BCUT2D eigenvalue weighted by molar-refractivity contribution is 7.98. The van der Waals surface area contributed by atoms with Gasteiger partial charge in [0.15, 0.2) is 0 Å². The minimum Gasteiger partial charge on any atom is -0.480 e. The molecule has 1 N–H and O–H groups in total. The lowest BCUT2D eigenvalue weighted by Gasteiger charge is -2.30. The van der Waals surface area contributed by atoms with Crippen molar-refractivity contribution in [2.45, 2.75) is 51.2 Å². The lowest BCUT2D eigenvalue weighted by molar-refractivity contribution is 0.182. The number of hydrogen-bond donors (Lipinski definition) is 1. The second-order valence-electron chi connectivity index (χ2n) is 7.61. The standard InChI is InChI=1S/C22H35N5OS/c1-16(2)27(17(3)4)14-13-23-20-19(29-7)21(28-6)25-22(24-20)26(5)15-18-11-9-8-10-12-18/h8-12,16-17H,13-15H2,1-7H3,(H,23,24,25). The van der Waals surface area contributed by atoms with Gasteiger partial charge in [-0.25, -0.2) is 0 Å². The third kappa shape index (κ3) is 6.51. The number of rotatable bonds is 11. The van der Waals surface area contributed by atoms with E-state index in [4.69, 9.17) is 9.72 Å². The zero-order chi connectivity index (χ0) is 21.4. The first-order valence-electron chi connectivity index (χ1n) is 10.1. The van der Waals surface area contributed by atoms with Crippen LogP contribution in [0.25, 0.3) is 0 Å². The first-order valence-corrected chi connectivity index (χ1v) is 11.3. The Hall–Kier alpha value is -1.99. The number of methoxy groups -OCH3 is 1. The van der Waals surface area contributed by atoms with Crippen LogP contribution in [-0.4, -0.2) is 60.5 Å². The summed E-state index contributed by atoms with van der Waals surface area (Å²) in [7, 11) is 3.66. The van der Waals surface area contributed by atoms with Gasteiger partial charge in [0.1, 0.15) is 10.7 Å². The van der Waals surface area contributed by atoms with Crippen LogP contribution in [-0.2, 0) is 6.54 Å². The molecule has 0 aliphatic heterocycles. The van der Waals surface area contributed by atoms with E-state index in [1.165, 1.54) is 5.56 Å². The Morgan fingerprint density at radius 1 is 1.07 bits per heavy atom. The summed E-state index contributed by atoms with van der Waals surface area (Å²) in [4.78, 5) is 14.9. The van der Waals surface area contributed by atoms with E-state index in [2.05, 4.69) is 55.0 Å². The van der Waals surface area contributed by atoms with Crippen molar-refractivity contribution in [3.8, 4) is 5.88 Å². The molecule has 0 aliphatic carbocycles. The first-order chi connectivity index (χ1) is 13.9. The van der Waals surface area contributed by atoms with Crippen molar-refractivity contribution < 1.29 is 4.74 Å². The topological polar surface area (TPSA) is 53.5 Å². The largest absolute Gasteiger partial charge is 0.480 e. The van der Waals surface area contributed by atoms with Gasteiger partial charge in [-0.05, 0) is 39.5 Å². The molecular weight excluding hydrogens is 382 g/mol. The van der Waals surface area contributed by atoms with E-state index in [0.717, 1.165) is 30.3 Å². The monoisotopic (exact) mass is 417 g/mol. The van der Waals surface area contributed by atoms with Crippen molar-refractivity contribution in [3.05, 3.63) is 35.9 Å². The molecule has 0 saturated heterocycles. The summed E-state index contributed by atoms with van der Waals surface area (Å²) < 4.78 is 5.57. The Bertz CT molecular complexity index is 746. The van der Waals surface area contributed by atoms with Crippen LogP contribution in [0.3, 0.4) is 0 Å². The van der Waals surface area contributed by atoms with Crippen LogP contribution in [0.2, 0.25) is 0 Å². The molecule has 0 bridgehead atoms. The molecule has 1 heterocycles. The van der Waals surface area contributed by atoms with Gasteiger partial charge < -0.3 is 15.0 Å². The molecule has 0 amide bonds. The minimum absolute atomic E-state index is 0.504.